The predicted molar refractivity (Wildman–Crippen MR) is 78.0 cm³/mol. The van der Waals surface area contributed by atoms with Gasteiger partial charge in [-0.2, -0.15) is 0 Å². The Kier molecular flexibility index (Phi) is 5.15. The van der Waals surface area contributed by atoms with Crippen molar-refractivity contribution in [3.63, 3.8) is 0 Å². The van der Waals surface area contributed by atoms with Gasteiger partial charge in [0, 0.05) is 26.2 Å². The van der Waals surface area contributed by atoms with Gasteiger partial charge in [0.25, 0.3) is 0 Å². The van der Waals surface area contributed by atoms with Crippen LogP contribution in [0.4, 0.5) is 10.1 Å². The van der Waals surface area contributed by atoms with Crippen LogP contribution in [-0.4, -0.2) is 52.7 Å². The molecule has 0 unspecified atom stereocenters. The van der Waals surface area contributed by atoms with E-state index in [2.05, 4.69) is 9.62 Å². The molecule has 8 heteroatoms. The van der Waals surface area contributed by atoms with Gasteiger partial charge < -0.3 is 10.5 Å². The second-order valence-electron chi connectivity index (χ2n) is 4.99. The Morgan fingerprint density at radius 3 is 2.71 bits per heavy atom. The summed E-state index contributed by atoms with van der Waals surface area (Å²) in [6, 6.07) is 2.29. The number of morpholine rings is 1. The fraction of sp³-hybridized carbons (Fsp3) is 0.538. The molecule has 118 valence electrons. The van der Waals surface area contributed by atoms with Crippen molar-refractivity contribution < 1.29 is 17.5 Å². The summed E-state index contributed by atoms with van der Waals surface area (Å²) in [6.45, 7) is 5.37. The zero-order valence-electron chi connectivity index (χ0n) is 11.9. The summed E-state index contributed by atoms with van der Waals surface area (Å²) in [5.74, 6) is -0.611. The number of nitrogens with zero attached hydrogens (tertiary/aromatic N) is 1. The van der Waals surface area contributed by atoms with Crippen molar-refractivity contribution in [3.05, 3.63) is 23.5 Å². The van der Waals surface area contributed by atoms with Crippen molar-refractivity contribution in [2.24, 2.45) is 0 Å². The van der Waals surface area contributed by atoms with E-state index >= 15 is 0 Å². The SMILES string of the molecule is Cc1cc(F)c(N)cc1S(=O)(=O)NCCN1CCOCC1. The van der Waals surface area contributed by atoms with Gasteiger partial charge in [-0.1, -0.05) is 0 Å². The molecule has 6 nitrogen and oxygen atoms in total. The Hall–Kier alpha value is -1.22. The summed E-state index contributed by atoms with van der Waals surface area (Å²) >= 11 is 0. The maximum Gasteiger partial charge on any atom is 0.240 e. The first-order valence-electron chi connectivity index (χ1n) is 6.75. The van der Waals surface area contributed by atoms with Crippen molar-refractivity contribution in [1.29, 1.82) is 0 Å². The monoisotopic (exact) mass is 317 g/mol. The molecule has 0 radical (unpaired) electrons. The van der Waals surface area contributed by atoms with Gasteiger partial charge in [0.2, 0.25) is 10.0 Å². The van der Waals surface area contributed by atoms with E-state index in [1.165, 1.54) is 0 Å². The van der Waals surface area contributed by atoms with Crippen LogP contribution in [0.5, 0.6) is 0 Å². The molecule has 1 fully saturated rings. The van der Waals surface area contributed by atoms with E-state index in [9.17, 15) is 12.8 Å². The van der Waals surface area contributed by atoms with Crippen molar-refractivity contribution in [3.8, 4) is 0 Å². The molecule has 0 saturated carbocycles. The van der Waals surface area contributed by atoms with Crippen LogP contribution in [0.3, 0.4) is 0 Å². The number of halogens is 1. The lowest BCUT2D eigenvalue weighted by Gasteiger charge is -2.26. The van der Waals surface area contributed by atoms with Gasteiger partial charge in [-0.15, -0.1) is 0 Å². The zero-order valence-corrected chi connectivity index (χ0v) is 12.7. The molecular formula is C13H20FN3O3S. The van der Waals surface area contributed by atoms with Crippen molar-refractivity contribution in [1.82, 2.24) is 9.62 Å². The highest BCUT2D eigenvalue weighted by Gasteiger charge is 2.19. The Balaban J connectivity index is 1.99. The molecule has 1 aliphatic rings. The first kappa shape index (κ1) is 16.2. The van der Waals surface area contributed by atoms with Crippen molar-refractivity contribution >= 4 is 15.7 Å². The summed E-state index contributed by atoms with van der Waals surface area (Å²) in [4.78, 5) is 2.14. The molecule has 0 amide bonds. The van der Waals surface area contributed by atoms with E-state index < -0.39 is 15.8 Å². The van der Waals surface area contributed by atoms with E-state index in [0.29, 0.717) is 31.9 Å². The van der Waals surface area contributed by atoms with Gasteiger partial charge in [-0.05, 0) is 24.6 Å². The van der Waals surface area contributed by atoms with Crippen LogP contribution in [0, 0.1) is 12.7 Å². The van der Waals surface area contributed by atoms with Crippen molar-refractivity contribution in [2.75, 3.05) is 45.1 Å². The number of rotatable bonds is 5. The number of hydrogen-bond acceptors (Lipinski definition) is 5. The second kappa shape index (κ2) is 6.69. The number of ether oxygens (including phenoxy) is 1. The average Bonchev–Trinajstić information content (AvgIpc) is 2.43. The molecule has 21 heavy (non-hydrogen) atoms. The quantitative estimate of drug-likeness (QED) is 0.765. The van der Waals surface area contributed by atoms with Crippen LogP contribution in [-0.2, 0) is 14.8 Å². The lowest BCUT2D eigenvalue weighted by Crippen LogP contribution is -2.41. The van der Waals surface area contributed by atoms with E-state index in [1.807, 2.05) is 0 Å². The van der Waals surface area contributed by atoms with Crippen LogP contribution in [0.2, 0.25) is 0 Å². The smallest absolute Gasteiger partial charge is 0.240 e. The number of aryl methyl sites for hydroxylation is 1. The molecule has 1 aliphatic heterocycles. The fourth-order valence-corrected chi connectivity index (χ4v) is 3.48. The number of nitrogens with one attached hydrogen (secondary N) is 1. The molecule has 0 aliphatic carbocycles. The van der Waals surface area contributed by atoms with Gasteiger partial charge in [0.15, 0.2) is 0 Å². The largest absolute Gasteiger partial charge is 0.396 e. The summed E-state index contributed by atoms with van der Waals surface area (Å²) in [7, 11) is -3.69. The third-order valence-corrected chi connectivity index (χ3v) is 5.01. The van der Waals surface area contributed by atoms with Crippen LogP contribution in [0.25, 0.3) is 0 Å². The lowest BCUT2D eigenvalue weighted by molar-refractivity contribution is 0.0390. The standard InChI is InChI=1S/C13H20FN3O3S/c1-10-8-11(14)12(15)9-13(10)21(18,19)16-2-3-17-4-6-20-7-5-17/h8-9,16H,2-7,15H2,1H3. The Bertz CT molecular complexity index is 601. The molecule has 0 spiro atoms. The van der Waals surface area contributed by atoms with E-state index in [-0.39, 0.29) is 10.6 Å². The second-order valence-corrected chi connectivity index (χ2v) is 6.73. The molecule has 1 aromatic carbocycles. The van der Waals surface area contributed by atoms with E-state index in [0.717, 1.165) is 25.2 Å². The van der Waals surface area contributed by atoms with E-state index in [4.69, 9.17) is 10.5 Å². The highest BCUT2D eigenvalue weighted by atomic mass is 32.2. The highest BCUT2D eigenvalue weighted by molar-refractivity contribution is 7.89. The highest BCUT2D eigenvalue weighted by Crippen LogP contribution is 2.21. The third-order valence-electron chi connectivity index (χ3n) is 3.41. The Morgan fingerprint density at radius 2 is 2.05 bits per heavy atom. The number of hydrogen-bond donors (Lipinski definition) is 2. The molecule has 1 saturated heterocycles. The molecule has 0 bridgehead atoms. The molecule has 0 aromatic heterocycles. The molecule has 0 atom stereocenters. The number of anilines is 1. The maximum absolute atomic E-state index is 13.3. The van der Waals surface area contributed by atoms with Gasteiger partial charge in [-0.25, -0.2) is 17.5 Å². The molecule has 1 aromatic rings. The minimum Gasteiger partial charge on any atom is -0.396 e. The first-order chi connectivity index (χ1) is 9.90. The Morgan fingerprint density at radius 1 is 1.38 bits per heavy atom. The van der Waals surface area contributed by atoms with Crippen LogP contribution >= 0.6 is 0 Å². The van der Waals surface area contributed by atoms with Crippen LogP contribution in [0.1, 0.15) is 5.56 Å². The van der Waals surface area contributed by atoms with E-state index in [1.54, 1.807) is 6.92 Å². The summed E-state index contributed by atoms with van der Waals surface area (Å²) < 4.78 is 45.5. The molecule has 1 heterocycles. The van der Waals surface area contributed by atoms with Crippen LogP contribution < -0.4 is 10.5 Å². The summed E-state index contributed by atoms with van der Waals surface area (Å²) in [5.41, 5.74) is 5.60. The number of nitrogens with two attached hydrogens (primary N) is 1. The minimum absolute atomic E-state index is 0.0170. The normalized spacial score (nSPS) is 17.0. The van der Waals surface area contributed by atoms with Gasteiger partial charge in [0.1, 0.15) is 5.82 Å². The first-order valence-corrected chi connectivity index (χ1v) is 8.24. The minimum atomic E-state index is -3.69. The van der Waals surface area contributed by atoms with Crippen LogP contribution in [0.15, 0.2) is 17.0 Å². The number of benzene rings is 1. The third kappa shape index (κ3) is 4.13. The number of nitrogen functional groups attached to an aromatic ring is 1. The summed E-state index contributed by atoms with van der Waals surface area (Å²) in [6.07, 6.45) is 0. The zero-order chi connectivity index (χ0) is 15.5. The molecule has 3 N–H and O–H groups in total. The fourth-order valence-electron chi connectivity index (χ4n) is 2.20. The molecular weight excluding hydrogens is 297 g/mol. The maximum atomic E-state index is 13.3. The Labute approximate surface area is 124 Å². The van der Waals surface area contributed by atoms with Gasteiger partial charge in [0.05, 0.1) is 23.8 Å². The predicted octanol–water partition coefficient (Wildman–Crippen LogP) is 0.327. The number of sulfonamides is 1. The van der Waals surface area contributed by atoms with Gasteiger partial charge >= 0.3 is 0 Å². The van der Waals surface area contributed by atoms with Gasteiger partial charge in [-0.3, -0.25) is 4.90 Å². The summed E-state index contributed by atoms with van der Waals surface area (Å²) in [5, 5.41) is 0. The lowest BCUT2D eigenvalue weighted by atomic mass is 10.2. The average molecular weight is 317 g/mol. The molecule has 2 rings (SSSR count). The topological polar surface area (TPSA) is 84.7 Å². The van der Waals surface area contributed by atoms with Crippen molar-refractivity contribution in [2.45, 2.75) is 11.8 Å².